The Morgan fingerprint density at radius 2 is 1.77 bits per heavy atom. The van der Waals surface area contributed by atoms with Gasteiger partial charge in [-0.05, 0) is 55.2 Å². The molecule has 0 aliphatic carbocycles. The van der Waals surface area contributed by atoms with E-state index in [-0.39, 0.29) is 30.2 Å². The first-order valence-corrected chi connectivity index (χ1v) is 16.8. The summed E-state index contributed by atoms with van der Waals surface area (Å²) < 4.78 is 65.0. The number of amides is 3. The molecule has 3 aromatic carbocycles. The van der Waals surface area contributed by atoms with Gasteiger partial charge in [-0.3, -0.25) is 14.4 Å². The van der Waals surface area contributed by atoms with Crippen molar-refractivity contribution in [2.45, 2.75) is 57.7 Å². The Bertz CT molecular complexity index is 1660. The Kier molecular flexibility index (Phi) is 13.2. The first-order valence-electron chi connectivity index (χ1n) is 14.9. The highest BCUT2D eigenvalue weighted by Gasteiger charge is 2.29. The van der Waals surface area contributed by atoms with Crippen LogP contribution in [-0.4, -0.2) is 57.3 Å². The van der Waals surface area contributed by atoms with Crippen LogP contribution >= 0.6 is 12.4 Å². The van der Waals surface area contributed by atoms with E-state index in [1.165, 1.54) is 7.11 Å². The van der Waals surface area contributed by atoms with Gasteiger partial charge >= 0.3 is 6.03 Å². The molecule has 1 fully saturated rings. The third-order valence-electron chi connectivity index (χ3n) is 7.64. The number of urea groups is 1. The molecule has 3 amide bonds. The van der Waals surface area contributed by atoms with Gasteiger partial charge in [-0.25, -0.2) is 22.0 Å². The molecule has 256 valence electrons. The lowest BCUT2D eigenvalue weighted by Crippen LogP contribution is -2.50. The van der Waals surface area contributed by atoms with E-state index < -0.39 is 39.2 Å². The van der Waals surface area contributed by atoms with Gasteiger partial charge in [-0.15, -0.1) is 12.4 Å². The van der Waals surface area contributed by atoms with Gasteiger partial charge in [0, 0.05) is 37.3 Å². The largest absolute Gasteiger partial charge is 0.493 e. The van der Waals surface area contributed by atoms with Crippen LogP contribution in [0, 0.1) is 11.6 Å². The first kappa shape index (κ1) is 37.3. The molecule has 0 spiro atoms. The fourth-order valence-corrected chi connectivity index (χ4v) is 5.97. The average molecular weight is 696 g/mol. The molecule has 1 aliphatic rings. The summed E-state index contributed by atoms with van der Waals surface area (Å²) in [6.07, 6.45) is 5.41. The maximum Gasteiger partial charge on any atom is 0.319 e. The number of anilines is 2. The van der Waals surface area contributed by atoms with Crippen LogP contribution in [0.25, 0.3) is 0 Å². The molecule has 4 rings (SSSR count). The van der Waals surface area contributed by atoms with Crippen molar-refractivity contribution < 1.29 is 36.3 Å². The number of methoxy groups -OCH3 is 1. The predicted octanol–water partition coefficient (Wildman–Crippen LogP) is 6.00. The second-order valence-corrected chi connectivity index (χ2v) is 13.0. The van der Waals surface area contributed by atoms with Crippen LogP contribution in [0.1, 0.15) is 54.9 Å². The average Bonchev–Trinajstić information content (AvgIpc) is 2.99. The second-order valence-electron chi connectivity index (χ2n) is 11.2. The molecule has 5 N–H and O–H groups in total. The number of nitrogens with zero attached hydrogens (tertiary/aromatic N) is 1. The van der Waals surface area contributed by atoms with Crippen molar-refractivity contribution in [2.75, 3.05) is 29.9 Å². The highest BCUT2D eigenvalue weighted by atomic mass is 35.5. The summed E-state index contributed by atoms with van der Waals surface area (Å²) in [6, 6.07) is 13.2. The summed E-state index contributed by atoms with van der Waals surface area (Å²) >= 11 is 0. The van der Waals surface area contributed by atoms with Crippen LogP contribution in [0.15, 0.2) is 54.6 Å². The topological polar surface area (TPSA) is 152 Å². The van der Waals surface area contributed by atoms with E-state index >= 15 is 0 Å². The number of hydrogen-bond acceptors (Lipinski definition) is 7. The van der Waals surface area contributed by atoms with Gasteiger partial charge in [0.2, 0.25) is 10.0 Å². The Balaban J connectivity index is 0.00000600. The number of nitrogens with two attached hydrogens (primary N) is 1. The molecular weight excluding hydrogens is 656 g/mol. The van der Waals surface area contributed by atoms with Crippen molar-refractivity contribution >= 4 is 45.7 Å². The van der Waals surface area contributed by atoms with E-state index in [1.54, 1.807) is 18.2 Å². The lowest BCUT2D eigenvalue weighted by atomic mass is 9.93. The molecule has 1 saturated heterocycles. The number of halogens is 3. The lowest BCUT2D eigenvalue weighted by Gasteiger charge is -2.40. The maximum atomic E-state index is 14.2. The SMILES string of the molecule is CCCCC1CC(NC(=O)Nc2cc(C(N)=O)c(F)cc2F)CCN1Cc1ccc(Oc2ccc(NS(C)(=O)=O)cc2OC)cc1.Cl. The predicted molar refractivity (Wildman–Crippen MR) is 179 cm³/mol. The van der Waals surface area contributed by atoms with Crippen LogP contribution in [-0.2, 0) is 16.6 Å². The zero-order chi connectivity index (χ0) is 33.4. The molecule has 0 saturated carbocycles. The Morgan fingerprint density at radius 1 is 1.04 bits per heavy atom. The number of sulfonamides is 1. The Labute approximate surface area is 279 Å². The van der Waals surface area contributed by atoms with E-state index in [9.17, 15) is 26.8 Å². The number of piperidine rings is 1. The normalized spacial score (nSPS) is 16.4. The number of carbonyl (C=O) groups excluding carboxylic acids is 2. The van der Waals surface area contributed by atoms with Crippen molar-refractivity contribution in [2.24, 2.45) is 5.73 Å². The molecule has 1 heterocycles. The quantitative estimate of drug-likeness (QED) is 0.171. The lowest BCUT2D eigenvalue weighted by molar-refractivity contribution is 0.0996. The van der Waals surface area contributed by atoms with Crippen LogP contribution in [0.5, 0.6) is 17.2 Å². The molecule has 15 heteroatoms. The smallest absolute Gasteiger partial charge is 0.319 e. The molecule has 0 radical (unpaired) electrons. The molecular formula is C32H40ClF2N5O6S. The van der Waals surface area contributed by atoms with Crippen molar-refractivity contribution in [3.63, 3.8) is 0 Å². The Morgan fingerprint density at radius 3 is 2.40 bits per heavy atom. The van der Waals surface area contributed by atoms with Gasteiger partial charge in [0.05, 0.1) is 30.3 Å². The number of hydrogen-bond donors (Lipinski definition) is 4. The van der Waals surface area contributed by atoms with Gasteiger partial charge in [-0.1, -0.05) is 31.9 Å². The molecule has 1 aliphatic heterocycles. The zero-order valence-electron chi connectivity index (χ0n) is 26.3. The van der Waals surface area contributed by atoms with Gasteiger partial charge in [-0.2, -0.15) is 0 Å². The summed E-state index contributed by atoms with van der Waals surface area (Å²) in [5.74, 6) is -1.78. The second kappa shape index (κ2) is 16.6. The minimum absolute atomic E-state index is 0. The minimum Gasteiger partial charge on any atom is -0.493 e. The standard InChI is InChI=1S/C32H39F2N5O6S.ClH/c1-4-5-6-23-15-21(36-32(41)37-28-17-25(31(35)40)26(33)18-27(28)34)13-14-39(23)19-20-7-10-24(11-8-20)45-29-12-9-22(16-30(29)44-2)38-46(3,42)43;/h7-12,16-18,21,23,38H,4-6,13-15,19H2,1-3H3,(H2,35,40)(H2,36,37,41);1H. The maximum absolute atomic E-state index is 14.2. The number of likely N-dealkylation sites (tertiary alicyclic amines) is 1. The summed E-state index contributed by atoms with van der Waals surface area (Å²) in [5, 5.41) is 5.26. The molecule has 47 heavy (non-hydrogen) atoms. The minimum atomic E-state index is -3.43. The van der Waals surface area contributed by atoms with Crippen LogP contribution in [0.2, 0.25) is 0 Å². The van der Waals surface area contributed by atoms with E-state index in [1.807, 2.05) is 24.3 Å². The molecule has 3 aromatic rings. The highest BCUT2D eigenvalue weighted by molar-refractivity contribution is 7.92. The summed E-state index contributed by atoms with van der Waals surface area (Å²) in [5.41, 5.74) is 5.74. The molecule has 0 bridgehead atoms. The van der Waals surface area contributed by atoms with Gasteiger partial charge < -0.3 is 25.8 Å². The zero-order valence-corrected chi connectivity index (χ0v) is 28.0. The van der Waals surface area contributed by atoms with E-state index in [2.05, 4.69) is 27.2 Å². The fourth-order valence-electron chi connectivity index (χ4n) is 5.41. The van der Waals surface area contributed by atoms with Crippen molar-refractivity contribution in [1.82, 2.24) is 10.2 Å². The summed E-state index contributed by atoms with van der Waals surface area (Å²) in [6.45, 7) is 3.54. The number of carbonyl (C=O) groups is 2. The number of primary amides is 1. The first-order chi connectivity index (χ1) is 21.8. The number of rotatable bonds is 13. The number of benzene rings is 3. The molecule has 0 aromatic heterocycles. The van der Waals surface area contributed by atoms with Crippen molar-refractivity contribution in [1.29, 1.82) is 0 Å². The van der Waals surface area contributed by atoms with E-state index in [4.69, 9.17) is 15.2 Å². The third-order valence-corrected chi connectivity index (χ3v) is 8.24. The number of nitrogens with one attached hydrogen (secondary N) is 3. The molecule has 2 atom stereocenters. The van der Waals surface area contributed by atoms with Crippen LogP contribution < -0.4 is 30.6 Å². The van der Waals surface area contributed by atoms with Crippen molar-refractivity contribution in [3.8, 4) is 17.2 Å². The van der Waals surface area contributed by atoms with Crippen LogP contribution in [0.3, 0.4) is 0 Å². The molecule has 11 nitrogen and oxygen atoms in total. The van der Waals surface area contributed by atoms with Crippen molar-refractivity contribution in [3.05, 3.63) is 77.4 Å². The Hall–Kier alpha value is -4.14. The van der Waals surface area contributed by atoms with E-state index in [0.29, 0.717) is 48.4 Å². The summed E-state index contributed by atoms with van der Waals surface area (Å²) in [7, 11) is -1.96. The summed E-state index contributed by atoms with van der Waals surface area (Å²) in [4.78, 5) is 26.5. The van der Waals surface area contributed by atoms with Gasteiger partial charge in [0.1, 0.15) is 17.4 Å². The van der Waals surface area contributed by atoms with Gasteiger partial charge in [0.25, 0.3) is 5.91 Å². The van der Waals surface area contributed by atoms with E-state index in [0.717, 1.165) is 43.7 Å². The monoisotopic (exact) mass is 695 g/mol. The van der Waals surface area contributed by atoms with Gasteiger partial charge in [0.15, 0.2) is 11.5 Å². The number of unbranched alkanes of at least 4 members (excludes halogenated alkanes) is 1. The highest BCUT2D eigenvalue weighted by Crippen LogP contribution is 2.34. The molecule has 2 unspecified atom stereocenters. The van der Waals surface area contributed by atoms with Crippen LogP contribution in [0.4, 0.5) is 25.0 Å². The fraction of sp³-hybridized carbons (Fsp3) is 0.375. The number of ether oxygens (including phenoxy) is 2. The third kappa shape index (κ3) is 10.7.